The molecule has 0 unspecified atom stereocenters. The number of hydrogen-bond acceptors (Lipinski definition) is 3. The molecule has 0 saturated carbocycles. The van der Waals surface area contributed by atoms with E-state index in [-0.39, 0.29) is 0 Å². The Morgan fingerprint density at radius 2 is 1.07 bits per heavy atom. The van der Waals surface area contributed by atoms with E-state index < -0.39 is 0 Å². The van der Waals surface area contributed by atoms with Crippen molar-refractivity contribution in [2.45, 2.75) is 20.8 Å². The lowest BCUT2D eigenvalue weighted by Crippen LogP contribution is -2.09. The highest BCUT2D eigenvalue weighted by molar-refractivity contribution is 5.77. The molecule has 3 aromatic carbocycles. The van der Waals surface area contributed by atoms with Gasteiger partial charge in [-0.25, -0.2) is 0 Å². The van der Waals surface area contributed by atoms with Crippen LogP contribution in [0.15, 0.2) is 91.0 Å². The molecule has 0 atom stereocenters. The predicted molar refractivity (Wildman–Crippen MR) is 129 cm³/mol. The fourth-order valence-corrected chi connectivity index (χ4v) is 2.88. The molecule has 0 aliphatic rings. The lowest BCUT2D eigenvalue weighted by molar-refractivity contribution is 0.415. The van der Waals surface area contributed by atoms with Crippen LogP contribution in [0.1, 0.15) is 26.3 Å². The summed E-state index contributed by atoms with van der Waals surface area (Å²) in [7, 11) is 3.35. The van der Waals surface area contributed by atoms with Crippen LogP contribution in [0.4, 0.5) is 17.1 Å². The Hall–Kier alpha value is -3.46. The van der Waals surface area contributed by atoms with Crippen LogP contribution < -0.4 is 14.4 Å². The van der Waals surface area contributed by atoms with Crippen LogP contribution >= 0.6 is 0 Å². The van der Waals surface area contributed by atoms with Crippen molar-refractivity contribution in [1.82, 2.24) is 0 Å². The lowest BCUT2D eigenvalue weighted by atomic mass is 10.1. The van der Waals surface area contributed by atoms with E-state index in [1.54, 1.807) is 14.2 Å². The maximum absolute atomic E-state index is 5.30. The van der Waals surface area contributed by atoms with Crippen LogP contribution in [-0.2, 0) is 0 Å². The molecule has 3 heteroatoms. The van der Waals surface area contributed by atoms with Gasteiger partial charge in [0.05, 0.1) is 14.2 Å². The number of allylic oxidation sites excluding steroid dienone is 2. The molecule has 3 aromatic rings. The van der Waals surface area contributed by atoms with Crippen molar-refractivity contribution in [3.05, 3.63) is 96.6 Å². The van der Waals surface area contributed by atoms with Gasteiger partial charge in [-0.15, -0.1) is 0 Å². The summed E-state index contributed by atoms with van der Waals surface area (Å²) >= 11 is 0. The van der Waals surface area contributed by atoms with E-state index in [4.69, 9.17) is 9.47 Å². The second-order valence-electron chi connectivity index (χ2n) is 6.50. The van der Waals surface area contributed by atoms with Gasteiger partial charge < -0.3 is 14.4 Å². The third kappa shape index (κ3) is 6.02. The lowest BCUT2D eigenvalue weighted by Gasteiger charge is -2.26. The normalized spacial score (nSPS) is 10.2. The summed E-state index contributed by atoms with van der Waals surface area (Å²) in [5.41, 5.74) is 5.34. The van der Waals surface area contributed by atoms with E-state index in [0.717, 1.165) is 39.7 Å². The minimum atomic E-state index is 0.832. The molecule has 0 heterocycles. The highest BCUT2D eigenvalue weighted by Gasteiger charge is 2.12. The van der Waals surface area contributed by atoms with E-state index in [0.29, 0.717) is 0 Å². The van der Waals surface area contributed by atoms with E-state index in [1.807, 2.05) is 51.1 Å². The minimum absolute atomic E-state index is 0.832. The molecule has 0 fully saturated rings. The third-order valence-corrected chi connectivity index (χ3v) is 4.37. The first-order valence-corrected chi connectivity index (χ1v) is 10.1. The van der Waals surface area contributed by atoms with Gasteiger partial charge in [0.1, 0.15) is 11.5 Å². The van der Waals surface area contributed by atoms with Crippen molar-refractivity contribution < 1.29 is 9.47 Å². The van der Waals surface area contributed by atoms with Gasteiger partial charge in [0.25, 0.3) is 0 Å². The number of rotatable bonds is 7. The fourth-order valence-electron chi connectivity index (χ4n) is 2.88. The van der Waals surface area contributed by atoms with Crippen molar-refractivity contribution in [3.63, 3.8) is 0 Å². The van der Waals surface area contributed by atoms with E-state index in [9.17, 15) is 0 Å². The van der Waals surface area contributed by atoms with Crippen molar-refractivity contribution in [2.75, 3.05) is 19.1 Å². The Morgan fingerprint density at radius 3 is 1.40 bits per heavy atom. The minimum Gasteiger partial charge on any atom is -0.497 e. The number of anilines is 3. The van der Waals surface area contributed by atoms with Gasteiger partial charge >= 0.3 is 0 Å². The SMILES string of the molecule is C=C(C)/C=C/c1ccc(N(c2ccc(OC)cc2)c2ccc(OC)cc2)cc1.CC. The molecule has 3 nitrogen and oxygen atoms in total. The van der Waals surface area contributed by atoms with Crippen LogP contribution in [0.3, 0.4) is 0 Å². The zero-order valence-electron chi connectivity index (χ0n) is 18.6. The number of benzene rings is 3. The first-order valence-electron chi connectivity index (χ1n) is 10.1. The fraction of sp³-hybridized carbons (Fsp3) is 0.185. The Morgan fingerprint density at radius 1 is 0.700 bits per heavy atom. The zero-order chi connectivity index (χ0) is 21.9. The number of hydrogen-bond donors (Lipinski definition) is 0. The zero-order valence-corrected chi connectivity index (χ0v) is 18.6. The smallest absolute Gasteiger partial charge is 0.119 e. The Labute approximate surface area is 180 Å². The van der Waals surface area contributed by atoms with Gasteiger partial charge in [-0.3, -0.25) is 0 Å². The monoisotopic (exact) mass is 401 g/mol. The third-order valence-electron chi connectivity index (χ3n) is 4.37. The number of methoxy groups -OCH3 is 2. The van der Waals surface area contributed by atoms with Gasteiger partial charge in [0.2, 0.25) is 0 Å². The summed E-state index contributed by atoms with van der Waals surface area (Å²) in [4.78, 5) is 2.20. The predicted octanol–water partition coefficient (Wildman–Crippen LogP) is 7.79. The van der Waals surface area contributed by atoms with E-state index in [2.05, 4.69) is 66.1 Å². The largest absolute Gasteiger partial charge is 0.497 e. The first-order chi connectivity index (χ1) is 14.6. The van der Waals surface area contributed by atoms with Crippen LogP contribution in [0.25, 0.3) is 6.08 Å². The summed E-state index contributed by atoms with van der Waals surface area (Å²) in [5, 5.41) is 0. The first kappa shape index (κ1) is 22.8. The molecule has 30 heavy (non-hydrogen) atoms. The van der Waals surface area contributed by atoms with Crippen molar-refractivity contribution in [3.8, 4) is 11.5 Å². The van der Waals surface area contributed by atoms with Gasteiger partial charge in [0.15, 0.2) is 0 Å². The maximum atomic E-state index is 5.30. The van der Waals surface area contributed by atoms with Crippen LogP contribution in [0.5, 0.6) is 11.5 Å². The maximum Gasteiger partial charge on any atom is 0.119 e. The number of ether oxygens (including phenoxy) is 2. The quantitative estimate of drug-likeness (QED) is 0.377. The molecule has 0 bridgehead atoms. The molecular weight excluding hydrogens is 370 g/mol. The van der Waals surface area contributed by atoms with Crippen molar-refractivity contribution in [2.24, 2.45) is 0 Å². The second kappa shape index (κ2) is 11.5. The van der Waals surface area contributed by atoms with Gasteiger partial charge in [-0.1, -0.05) is 50.3 Å². The summed E-state index contributed by atoms with van der Waals surface area (Å²) in [6, 6.07) is 24.5. The Kier molecular flexibility index (Phi) is 8.76. The molecule has 0 aliphatic carbocycles. The second-order valence-corrected chi connectivity index (χ2v) is 6.50. The van der Waals surface area contributed by atoms with Gasteiger partial charge in [0, 0.05) is 17.1 Å². The van der Waals surface area contributed by atoms with Crippen LogP contribution in [0, 0.1) is 0 Å². The molecule has 3 rings (SSSR count). The summed E-state index contributed by atoms with van der Waals surface area (Å²) in [6.07, 6.45) is 4.08. The average Bonchev–Trinajstić information content (AvgIpc) is 2.81. The summed E-state index contributed by atoms with van der Waals surface area (Å²) in [5.74, 6) is 1.66. The van der Waals surface area contributed by atoms with Gasteiger partial charge in [-0.2, -0.15) is 0 Å². The topological polar surface area (TPSA) is 21.7 Å². The molecule has 0 spiro atoms. The molecule has 0 amide bonds. The van der Waals surface area contributed by atoms with Gasteiger partial charge in [-0.05, 0) is 73.2 Å². The molecule has 0 radical (unpaired) electrons. The Balaban J connectivity index is 0.00000155. The van der Waals surface area contributed by atoms with E-state index in [1.165, 1.54) is 0 Å². The molecule has 156 valence electrons. The molecule has 0 saturated heterocycles. The molecule has 0 aliphatic heterocycles. The van der Waals surface area contributed by atoms with Crippen molar-refractivity contribution >= 4 is 23.1 Å². The molecular formula is C27H31NO2. The Bertz CT molecular complexity index is 892. The highest BCUT2D eigenvalue weighted by atomic mass is 16.5. The molecule has 0 N–H and O–H groups in total. The standard InChI is InChI=1S/C25H25NO2.C2H6/c1-19(2)5-6-20-7-9-21(10-8-20)26(22-11-15-24(27-3)16-12-22)23-13-17-25(28-4)18-14-23;1-2/h5-18H,1H2,2-4H3;1-2H3/b6-5+;. The summed E-state index contributed by atoms with van der Waals surface area (Å²) < 4.78 is 10.6. The highest BCUT2D eigenvalue weighted by Crippen LogP contribution is 2.36. The molecule has 0 aromatic heterocycles. The van der Waals surface area contributed by atoms with Crippen LogP contribution in [-0.4, -0.2) is 14.2 Å². The average molecular weight is 402 g/mol. The van der Waals surface area contributed by atoms with Crippen molar-refractivity contribution in [1.29, 1.82) is 0 Å². The van der Waals surface area contributed by atoms with Crippen LogP contribution in [0.2, 0.25) is 0 Å². The summed E-state index contributed by atoms with van der Waals surface area (Å²) in [6.45, 7) is 9.89. The van der Waals surface area contributed by atoms with E-state index >= 15 is 0 Å². The number of nitrogens with zero attached hydrogens (tertiary/aromatic N) is 1.